The standard InChI is InChI=1S/C14H28N2/c1-11-5-3-7-13(9-11)10-16-8-4-6-12(2)14(16)15/h11-14H,3-10,15H2,1-2H3. The average molecular weight is 224 g/mol. The summed E-state index contributed by atoms with van der Waals surface area (Å²) in [6, 6.07) is 0. The molecule has 2 fully saturated rings. The molecule has 16 heavy (non-hydrogen) atoms. The van der Waals surface area contributed by atoms with E-state index in [0.29, 0.717) is 12.1 Å². The molecule has 2 rings (SSSR count). The number of hydrogen-bond donors (Lipinski definition) is 1. The van der Waals surface area contributed by atoms with Crippen LogP contribution in [0.5, 0.6) is 0 Å². The summed E-state index contributed by atoms with van der Waals surface area (Å²) in [5.41, 5.74) is 6.30. The first kappa shape index (κ1) is 12.4. The van der Waals surface area contributed by atoms with Crippen LogP contribution in [0, 0.1) is 17.8 Å². The van der Waals surface area contributed by atoms with Crippen molar-refractivity contribution in [3.8, 4) is 0 Å². The van der Waals surface area contributed by atoms with Gasteiger partial charge in [0.2, 0.25) is 0 Å². The summed E-state index contributed by atoms with van der Waals surface area (Å²) in [5.74, 6) is 2.55. The molecule has 2 N–H and O–H groups in total. The fourth-order valence-corrected chi connectivity index (χ4v) is 3.57. The Morgan fingerprint density at radius 3 is 2.69 bits per heavy atom. The van der Waals surface area contributed by atoms with Crippen molar-refractivity contribution < 1.29 is 0 Å². The Hall–Kier alpha value is -0.0800. The van der Waals surface area contributed by atoms with E-state index in [-0.39, 0.29) is 0 Å². The summed E-state index contributed by atoms with van der Waals surface area (Å²) < 4.78 is 0. The Kier molecular flexibility index (Phi) is 4.26. The third-order valence-electron chi connectivity index (χ3n) is 4.65. The lowest BCUT2D eigenvalue weighted by molar-refractivity contribution is 0.0743. The van der Waals surface area contributed by atoms with E-state index >= 15 is 0 Å². The monoisotopic (exact) mass is 224 g/mol. The molecule has 0 aromatic carbocycles. The van der Waals surface area contributed by atoms with Crippen molar-refractivity contribution in [2.24, 2.45) is 23.5 Å². The van der Waals surface area contributed by atoms with Crippen LogP contribution in [0.15, 0.2) is 0 Å². The van der Waals surface area contributed by atoms with E-state index in [2.05, 4.69) is 18.7 Å². The minimum absolute atomic E-state index is 0.325. The number of rotatable bonds is 2. The Morgan fingerprint density at radius 1 is 1.12 bits per heavy atom. The number of nitrogens with zero attached hydrogens (tertiary/aromatic N) is 1. The fraction of sp³-hybridized carbons (Fsp3) is 1.00. The number of nitrogens with two attached hydrogens (primary N) is 1. The van der Waals surface area contributed by atoms with Gasteiger partial charge in [-0.3, -0.25) is 4.90 Å². The van der Waals surface area contributed by atoms with Crippen molar-refractivity contribution in [1.82, 2.24) is 4.90 Å². The molecule has 94 valence electrons. The Morgan fingerprint density at radius 2 is 1.94 bits per heavy atom. The first-order valence-corrected chi connectivity index (χ1v) is 7.16. The number of likely N-dealkylation sites (tertiary alicyclic amines) is 1. The van der Waals surface area contributed by atoms with Crippen molar-refractivity contribution in [1.29, 1.82) is 0 Å². The molecule has 1 saturated heterocycles. The van der Waals surface area contributed by atoms with E-state index < -0.39 is 0 Å². The van der Waals surface area contributed by atoms with Crippen molar-refractivity contribution >= 4 is 0 Å². The largest absolute Gasteiger partial charge is 0.316 e. The Labute approximate surface area is 101 Å². The van der Waals surface area contributed by atoms with E-state index in [0.717, 1.165) is 11.8 Å². The van der Waals surface area contributed by atoms with Gasteiger partial charge in [0.05, 0.1) is 6.17 Å². The molecule has 1 saturated carbocycles. The summed E-state index contributed by atoms with van der Waals surface area (Å²) in [6.45, 7) is 7.21. The van der Waals surface area contributed by atoms with Crippen LogP contribution < -0.4 is 5.73 Å². The zero-order valence-electron chi connectivity index (χ0n) is 11.0. The molecule has 2 nitrogen and oxygen atoms in total. The summed E-state index contributed by atoms with van der Waals surface area (Å²) in [6.07, 6.45) is 8.73. The maximum atomic E-state index is 6.30. The summed E-state index contributed by atoms with van der Waals surface area (Å²) in [5, 5.41) is 0. The molecule has 2 aliphatic rings. The summed E-state index contributed by atoms with van der Waals surface area (Å²) in [7, 11) is 0. The molecular weight excluding hydrogens is 196 g/mol. The van der Waals surface area contributed by atoms with Crippen LogP contribution in [0.25, 0.3) is 0 Å². The van der Waals surface area contributed by atoms with Crippen molar-refractivity contribution in [2.75, 3.05) is 13.1 Å². The minimum Gasteiger partial charge on any atom is -0.316 e. The lowest BCUT2D eigenvalue weighted by Crippen LogP contribution is -2.51. The van der Waals surface area contributed by atoms with Crippen molar-refractivity contribution in [2.45, 2.75) is 58.5 Å². The van der Waals surface area contributed by atoms with E-state index in [1.165, 1.54) is 51.6 Å². The molecule has 0 bridgehead atoms. The van der Waals surface area contributed by atoms with Gasteiger partial charge in [-0.25, -0.2) is 0 Å². The number of piperidine rings is 1. The Balaban J connectivity index is 1.83. The van der Waals surface area contributed by atoms with Gasteiger partial charge in [-0.1, -0.05) is 26.7 Å². The highest BCUT2D eigenvalue weighted by Gasteiger charge is 2.28. The maximum absolute atomic E-state index is 6.30. The van der Waals surface area contributed by atoms with Gasteiger partial charge in [0, 0.05) is 6.54 Å². The SMILES string of the molecule is CC1CCCC(CN2CCCC(C)C2N)C1. The van der Waals surface area contributed by atoms with E-state index in [1.807, 2.05) is 0 Å². The second-order valence-electron chi connectivity index (χ2n) is 6.24. The number of hydrogen-bond acceptors (Lipinski definition) is 2. The molecule has 1 aliphatic carbocycles. The van der Waals surface area contributed by atoms with Crippen LogP contribution >= 0.6 is 0 Å². The van der Waals surface area contributed by atoms with E-state index in [9.17, 15) is 0 Å². The van der Waals surface area contributed by atoms with Crippen molar-refractivity contribution in [3.05, 3.63) is 0 Å². The first-order valence-electron chi connectivity index (χ1n) is 7.16. The second kappa shape index (κ2) is 5.50. The molecule has 4 unspecified atom stereocenters. The van der Waals surface area contributed by atoms with Gasteiger partial charge in [0.15, 0.2) is 0 Å². The fourth-order valence-electron chi connectivity index (χ4n) is 3.57. The molecule has 0 amide bonds. The third kappa shape index (κ3) is 2.98. The van der Waals surface area contributed by atoms with Crippen LogP contribution in [-0.2, 0) is 0 Å². The predicted molar refractivity (Wildman–Crippen MR) is 69.1 cm³/mol. The molecule has 0 spiro atoms. The maximum Gasteiger partial charge on any atom is 0.0598 e. The van der Waals surface area contributed by atoms with Gasteiger partial charge in [-0.2, -0.15) is 0 Å². The Bertz CT molecular complexity index is 217. The zero-order chi connectivity index (χ0) is 11.5. The summed E-state index contributed by atoms with van der Waals surface area (Å²) >= 11 is 0. The van der Waals surface area contributed by atoms with Gasteiger partial charge in [0.25, 0.3) is 0 Å². The van der Waals surface area contributed by atoms with Gasteiger partial charge < -0.3 is 5.73 Å². The van der Waals surface area contributed by atoms with E-state index in [4.69, 9.17) is 5.73 Å². The lowest BCUT2D eigenvalue weighted by Gasteiger charge is -2.40. The van der Waals surface area contributed by atoms with Gasteiger partial charge in [-0.05, 0) is 50.0 Å². The molecule has 0 aromatic rings. The first-order chi connectivity index (χ1) is 7.66. The minimum atomic E-state index is 0.325. The van der Waals surface area contributed by atoms with Crippen LogP contribution in [0.3, 0.4) is 0 Å². The molecule has 2 heteroatoms. The van der Waals surface area contributed by atoms with Crippen molar-refractivity contribution in [3.63, 3.8) is 0 Å². The molecule has 0 aromatic heterocycles. The third-order valence-corrected chi connectivity index (χ3v) is 4.65. The normalized spacial score (nSPS) is 42.2. The molecule has 1 aliphatic heterocycles. The lowest BCUT2D eigenvalue weighted by atomic mass is 9.81. The van der Waals surface area contributed by atoms with E-state index in [1.54, 1.807) is 0 Å². The highest BCUT2D eigenvalue weighted by Crippen LogP contribution is 2.30. The van der Waals surface area contributed by atoms with Crippen LogP contribution in [-0.4, -0.2) is 24.2 Å². The highest BCUT2D eigenvalue weighted by atomic mass is 15.2. The van der Waals surface area contributed by atoms with Crippen LogP contribution in [0.2, 0.25) is 0 Å². The summed E-state index contributed by atoms with van der Waals surface area (Å²) in [4.78, 5) is 2.55. The van der Waals surface area contributed by atoms with Gasteiger partial charge >= 0.3 is 0 Å². The topological polar surface area (TPSA) is 29.3 Å². The average Bonchev–Trinajstić information content (AvgIpc) is 2.25. The molecule has 1 heterocycles. The smallest absolute Gasteiger partial charge is 0.0598 e. The van der Waals surface area contributed by atoms with Gasteiger partial charge in [0.1, 0.15) is 0 Å². The van der Waals surface area contributed by atoms with Gasteiger partial charge in [-0.15, -0.1) is 0 Å². The molecule has 0 radical (unpaired) electrons. The molecular formula is C14H28N2. The van der Waals surface area contributed by atoms with Crippen LogP contribution in [0.4, 0.5) is 0 Å². The zero-order valence-corrected chi connectivity index (χ0v) is 11.0. The second-order valence-corrected chi connectivity index (χ2v) is 6.24. The van der Waals surface area contributed by atoms with Crippen LogP contribution in [0.1, 0.15) is 52.4 Å². The molecule has 4 atom stereocenters. The predicted octanol–water partition coefficient (Wildman–Crippen LogP) is 2.83. The highest BCUT2D eigenvalue weighted by molar-refractivity contribution is 4.81. The quantitative estimate of drug-likeness (QED) is 0.781.